The van der Waals surface area contributed by atoms with E-state index in [1.807, 2.05) is 37.3 Å². The number of esters is 2. The van der Waals surface area contributed by atoms with E-state index in [9.17, 15) is 9.59 Å². The first-order valence-electron chi connectivity index (χ1n) is 39.0. The fraction of sp³-hybridized carbons (Fsp3) is 0.897. The van der Waals surface area contributed by atoms with Gasteiger partial charge in [-0.3, -0.25) is 9.69 Å². The summed E-state index contributed by atoms with van der Waals surface area (Å²) in [5, 5.41) is 0. The fourth-order valence-corrected chi connectivity index (χ4v) is 16.6. The van der Waals surface area contributed by atoms with Gasteiger partial charge < -0.3 is 27.7 Å². The molecule has 90 heavy (non-hydrogen) atoms. The Bertz CT molecular complexity index is 1730. The number of ether oxygens (including phenoxy) is 2. The van der Waals surface area contributed by atoms with Gasteiger partial charge in [0.1, 0.15) is 6.61 Å². The van der Waals surface area contributed by atoms with E-state index in [1.165, 1.54) is 212 Å². The van der Waals surface area contributed by atoms with Gasteiger partial charge in [0.05, 0.1) is 24.2 Å². The van der Waals surface area contributed by atoms with E-state index in [0.29, 0.717) is 12.3 Å². The van der Waals surface area contributed by atoms with Crippen LogP contribution in [0.2, 0.25) is 58.9 Å². The zero-order valence-corrected chi connectivity index (χ0v) is 65.8. The van der Waals surface area contributed by atoms with Gasteiger partial charge in [0.15, 0.2) is 31.1 Å². The Morgan fingerprint density at radius 3 is 1.03 bits per heavy atom. The SMILES string of the molecule is CCCCCCCCCCC(CN(CCCCC(OC(=O)C(C)CCCCN(C[C@H](C)CCCCCCCCCC)C[C@@H](CCCCCCCCCC)O[Si](C)(C)C)C(=O)OCc1ccccc1)C[C@@H](CCCCCCCCCC)O[Si](C)(C)C)O[Si](C)(C)C. The number of nitrogens with zero attached hydrogens (tertiary/aromatic N) is 2. The summed E-state index contributed by atoms with van der Waals surface area (Å²) in [6.07, 6.45) is 51.4. The summed E-state index contributed by atoms with van der Waals surface area (Å²) in [6.45, 7) is 40.6. The van der Waals surface area contributed by atoms with Crippen molar-refractivity contribution in [3.63, 3.8) is 0 Å². The molecule has 530 valence electrons. The van der Waals surface area contributed by atoms with Crippen LogP contribution in [0.15, 0.2) is 30.3 Å². The molecule has 1 aromatic carbocycles. The second-order valence-electron chi connectivity index (χ2n) is 31.1. The number of rotatable bonds is 65. The molecule has 0 bridgehead atoms. The Morgan fingerprint density at radius 1 is 0.367 bits per heavy atom. The van der Waals surface area contributed by atoms with E-state index in [0.717, 1.165) is 96.2 Å². The maximum Gasteiger partial charge on any atom is 0.347 e. The second kappa shape index (κ2) is 55.7. The Hall–Kier alpha value is -1.39. The molecule has 1 aromatic rings. The predicted molar refractivity (Wildman–Crippen MR) is 399 cm³/mol. The van der Waals surface area contributed by atoms with Gasteiger partial charge in [-0.05, 0) is 141 Å². The molecule has 9 nitrogen and oxygen atoms in total. The average Bonchev–Trinajstić information content (AvgIpc) is 2.95. The monoisotopic (exact) mass is 1320 g/mol. The van der Waals surface area contributed by atoms with Crippen LogP contribution < -0.4 is 0 Å². The van der Waals surface area contributed by atoms with Gasteiger partial charge in [0.25, 0.3) is 0 Å². The fourth-order valence-electron chi connectivity index (χ4n) is 13.0. The van der Waals surface area contributed by atoms with Crippen LogP contribution in [0.1, 0.15) is 317 Å². The van der Waals surface area contributed by atoms with Crippen LogP contribution in [0.5, 0.6) is 0 Å². The summed E-state index contributed by atoms with van der Waals surface area (Å²) in [6, 6.07) is 9.85. The number of carbonyl (C=O) groups excluding carboxylic acids is 2. The van der Waals surface area contributed by atoms with Crippen LogP contribution in [-0.4, -0.2) is 110 Å². The molecule has 0 saturated heterocycles. The molecule has 0 heterocycles. The van der Waals surface area contributed by atoms with Crippen LogP contribution >= 0.6 is 0 Å². The van der Waals surface area contributed by atoms with Crippen molar-refractivity contribution in [1.29, 1.82) is 0 Å². The number of hydrogen-bond donors (Lipinski definition) is 0. The second-order valence-corrected chi connectivity index (χ2v) is 44.5. The molecule has 0 aliphatic rings. The molecule has 12 heteroatoms. The van der Waals surface area contributed by atoms with E-state index < -0.39 is 37.0 Å². The third kappa shape index (κ3) is 53.8. The molecule has 0 aliphatic carbocycles. The third-order valence-electron chi connectivity index (χ3n) is 17.9. The smallest absolute Gasteiger partial charge is 0.347 e. The van der Waals surface area contributed by atoms with Gasteiger partial charge in [-0.2, -0.15) is 0 Å². The highest BCUT2D eigenvalue weighted by Gasteiger charge is 2.30. The van der Waals surface area contributed by atoms with Crippen LogP contribution in [0, 0.1) is 11.8 Å². The van der Waals surface area contributed by atoms with Gasteiger partial charge >= 0.3 is 11.9 Å². The van der Waals surface area contributed by atoms with Crippen molar-refractivity contribution in [3.8, 4) is 0 Å². The molecule has 0 fully saturated rings. The lowest BCUT2D eigenvalue weighted by Crippen LogP contribution is -2.45. The Labute approximate surface area is 564 Å². The van der Waals surface area contributed by atoms with Crippen molar-refractivity contribution in [2.24, 2.45) is 11.8 Å². The van der Waals surface area contributed by atoms with Gasteiger partial charge in [0.2, 0.25) is 0 Å². The van der Waals surface area contributed by atoms with E-state index >= 15 is 0 Å². The first-order valence-corrected chi connectivity index (χ1v) is 49.2. The minimum Gasteiger partial charge on any atom is -0.458 e. The molecular weight excluding hydrogens is 1160 g/mol. The molecule has 0 aliphatic heterocycles. The molecule has 0 spiro atoms. The van der Waals surface area contributed by atoms with Gasteiger partial charge in [-0.15, -0.1) is 0 Å². The summed E-state index contributed by atoms with van der Waals surface area (Å²) < 4.78 is 33.4. The lowest BCUT2D eigenvalue weighted by Gasteiger charge is -2.35. The normalized spacial score (nSPS) is 14.5. The molecule has 6 atom stereocenters. The van der Waals surface area contributed by atoms with Crippen LogP contribution in [0.25, 0.3) is 0 Å². The number of benzene rings is 1. The van der Waals surface area contributed by atoms with Crippen molar-refractivity contribution in [1.82, 2.24) is 9.80 Å². The molecule has 0 amide bonds. The molecule has 0 N–H and O–H groups in total. The molecule has 0 saturated carbocycles. The van der Waals surface area contributed by atoms with Crippen molar-refractivity contribution in [2.75, 3.05) is 39.3 Å². The lowest BCUT2D eigenvalue weighted by molar-refractivity contribution is -0.171. The summed E-state index contributed by atoms with van der Waals surface area (Å²) in [5.41, 5.74) is 0.923. The van der Waals surface area contributed by atoms with Gasteiger partial charge in [-0.25, -0.2) is 4.79 Å². The summed E-state index contributed by atoms with van der Waals surface area (Å²) >= 11 is 0. The quantitative estimate of drug-likeness (QED) is 0.0360. The zero-order valence-electron chi connectivity index (χ0n) is 62.8. The minimum absolute atomic E-state index is 0.156. The highest BCUT2D eigenvalue weighted by molar-refractivity contribution is 6.70. The van der Waals surface area contributed by atoms with E-state index in [4.69, 9.17) is 22.8 Å². The highest BCUT2D eigenvalue weighted by Crippen LogP contribution is 2.25. The molecule has 0 radical (unpaired) electrons. The average molecular weight is 1320 g/mol. The minimum atomic E-state index is -1.83. The molecular formula is C78H154N2O7Si3. The number of carbonyl (C=O) groups is 2. The van der Waals surface area contributed by atoms with Crippen molar-refractivity contribution in [2.45, 2.75) is 401 Å². The largest absolute Gasteiger partial charge is 0.458 e. The van der Waals surface area contributed by atoms with Crippen molar-refractivity contribution >= 4 is 36.9 Å². The molecule has 0 aromatic heterocycles. The summed E-state index contributed by atoms with van der Waals surface area (Å²) in [5.74, 6) is -0.425. The Morgan fingerprint density at radius 2 is 0.678 bits per heavy atom. The first kappa shape index (κ1) is 86.6. The standard InChI is InChI=1S/C78H154N2O7Si3/c1-16-20-24-28-32-36-40-45-55-70(5)65-79(66-73(85-88(7,8)9)59-48-41-37-33-29-25-21-17-2)63-53-51-56-71(6)77(81)84-76(78(82)83-69-72-57-46-44-47-58-72)62-52-54-64-80(67-74(86-89(10,11)12)60-49-42-38-34-30-26-22-18-3)68-75(87-90(13,14)15)61-50-43-39-35-31-27-23-19-4/h44,46-47,57-58,70-71,73-76H,16-43,45,48-56,59-69H2,1-15H3/t70-,71?,73-,74-,75?,76?/m1/s1. The maximum absolute atomic E-state index is 14.2. The number of hydrogen-bond acceptors (Lipinski definition) is 9. The summed E-state index contributed by atoms with van der Waals surface area (Å²) in [4.78, 5) is 33.7. The Kier molecular flexibility index (Phi) is 53.6. The van der Waals surface area contributed by atoms with Gasteiger partial charge in [0, 0.05) is 26.2 Å². The third-order valence-corrected chi connectivity index (χ3v) is 21.0. The molecule has 3 unspecified atom stereocenters. The van der Waals surface area contributed by atoms with Crippen molar-refractivity contribution < 1.29 is 32.3 Å². The summed E-state index contributed by atoms with van der Waals surface area (Å²) in [7, 11) is -5.42. The highest BCUT2D eigenvalue weighted by atomic mass is 28.4. The zero-order chi connectivity index (χ0) is 66.6. The lowest BCUT2D eigenvalue weighted by atomic mass is 10.00. The van der Waals surface area contributed by atoms with Crippen LogP contribution in [0.4, 0.5) is 0 Å². The topological polar surface area (TPSA) is 86.8 Å². The van der Waals surface area contributed by atoms with Crippen LogP contribution in [-0.2, 0) is 38.9 Å². The van der Waals surface area contributed by atoms with Crippen molar-refractivity contribution in [3.05, 3.63) is 35.9 Å². The molecule has 1 rings (SSSR count). The van der Waals surface area contributed by atoms with E-state index in [2.05, 4.69) is 103 Å². The number of unbranched alkanes of at least 4 members (excludes halogenated alkanes) is 30. The Balaban J connectivity index is 3.30. The van der Waals surface area contributed by atoms with Crippen LogP contribution in [0.3, 0.4) is 0 Å². The maximum atomic E-state index is 14.2. The van der Waals surface area contributed by atoms with Gasteiger partial charge in [-0.1, -0.05) is 284 Å². The van der Waals surface area contributed by atoms with E-state index in [-0.39, 0.29) is 36.8 Å². The first-order chi connectivity index (χ1) is 43.1. The predicted octanol–water partition coefficient (Wildman–Crippen LogP) is 23.6. The van der Waals surface area contributed by atoms with E-state index in [1.54, 1.807) is 0 Å².